The zero-order valence-corrected chi connectivity index (χ0v) is 21.9. The molecule has 35 heavy (non-hydrogen) atoms. The van der Waals surface area contributed by atoms with Gasteiger partial charge in [-0.3, -0.25) is 9.32 Å². The first-order valence-electron chi connectivity index (χ1n) is 10.8. The summed E-state index contributed by atoms with van der Waals surface area (Å²) in [6.45, 7) is 1.69. The molecule has 2 atom stereocenters. The molecule has 1 aromatic carbocycles. The first-order valence-corrected chi connectivity index (χ1v) is 13.1. The fraction of sp³-hybridized carbons (Fsp3) is 0.429. The molecule has 0 aliphatic heterocycles. The molecule has 0 radical (unpaired) electrons. The van der Waals surface area contributed by atoms with Crippen molar-refractivity contribution >= 4 is 46.8 Å². The predicted molar refractivity (Wildman–Crippen MR) is 131 cm³/mol. The molecule has 3 N–H and O–H groups in total. The Bertz CT molecular complexity index is 1270. The molecule has 3 aromatic rings. The number of methoxy groups -OCH3 is 2. The fourth-order valence-corrected chi connectivity index (χ4v) is 5.74. The van der Waals surface area contributed by atoms with E-state index >= 15 is 0 Å². The Morgan fingerprint density at radius 3 is 2.80 bits per heavy atom. The second-order valence-electron chi connectivity index (χ2n) is 8.12. The molecule has 1 aliphatic carbocycles. The number of nitrogens with zero attached hydrogens (tertiary/aromatic N) is 4. The van der Waals surface area contributed by atoms with E-state index < -0.39 is 19.8 Å². The number of nitrogen functional groups attached to an aromatic ring is 1. The number of nitrogens with one attached hydrogen (secondary N) is 1. The Balaban J connectivity index is 1.42. The maximum absolute atomic E-state index is 13.5. The van der Waals surface area contributed by atoms with E-state index in [2.05, 4.69) is 36.0 Å². The maximum atomic E-state index is 13.5. The lowest BCUT2D eigenvalue weighted by Crippen LogP contribution is -2.36. The molecular weight excluding hydrogens is 543 g/mol. The topological polar surface area (TPSA) is 153 Å². The third-order valence-corrected chi connectivity index (χ3v) is 7.75. The largest absolute Gasteiger partial charge is 0.479 e. The number of fused-ring (bicyclic) bond motifs is 1. The van der Waals surface area contributed by atoms with Crippen LogP contribution >= 0.6 is 23.7 Å². The number of carbonyl (C=O) groups is 1. The Labute approximate surface area is 210 Å². The highest BCUT2D eigenvalue weighted by molar-refractivity contribution is 9.10. The van der Waals surface area contributed by atoms with Crippen molar-refractivity contribution in [2.45, 2.75) is 31.8 Å². The Morgan fingerprint density at radius 2 is 2.11 bits per heavy atom. The van der Waals surface area contributed by atoms with Crippen LogP contribution in [0.15, 0.2) is 35.1 Å². The average Bonchev–Trinajstić information content (AvgIpc) is 3.20. The minimum Gasteiger partial charge on any atom is -0.479 e. The van der Waals surface area contributed by atoms with E-state index in [0.717, 1.165) is 17.3 Å². The van der Waals surface area contributed by atoms with Gasteiger partial charge in [0, 0.05) is 10.5 Å². The van der Waals surface area contributed by atoms with Crippen molar-refractivity contribution in [3.63, 3.8) is 0 Å². The third-order valence-electron chi connectivity index (χ3n) is 5.61. The minimum absolute atomic E-state index is 0.103. The van der Waals surface area contributed by atoms with Gasteiger partial charge < -0.3 is 24.3 Å². The number of carbonyl (C=O) groups excluding carboxylic acids is 1. The van der Waals surface area contributed by atoms with Crippen LogP contribution in [-0.4, -0.2) is 52.4 Å². The van der Waals surface area contributed by atoms with E-state index in [-0.39, 0.29) is 24.5 Å². The van der Waals surface area contributed by atoms with Crippen LogP contribution < -0.4 is 20.1 Å². The van der Waals surface area contributed by atoms with E-state index in [0.29, 0.717) is 22.8 Å². The molecule has 0 saturated heterocycles. The fourth-order valence-electron chi connectivity index (χ4n) is 3.80. The van der Waals surface area contributed by atoms with Gasteiger partial charge in [-0.2, -0.15) is 15.1 Å². The number of nitrogens with two attached hydrogens (primary N) is 1. The first kappa shape index (κ1) is 25.4. The summed E-state index contributed by atoms with van der Waals surface area (Å²) in [5, 5.41) is 2.66. The van der Waals surface area contributed by atoms with Crippen LogP contribution in [0.25, 0.3) is 11.2 Å². The second kappa shape index (κ2) is 10.5. The number of hydrogen-bond acceptors (Lipinski definition) is 10. The lowest BCUT2D eigenvalue weighted by Gasteiger charge is -2.36. The van der Waals surface area contributed by atoms with Crippen molar-refractivity contribution in [2.75, 3.05) is 26.6 Å². The van der Waals surface area contributed by atoms with Crippen molar-refractivity contribution in [2.24, 2.45) is 5.92 Å². The van der Waals surface area contributed by atoms with Crippen LogP contribution in [-0.2, 0) is 18.6 Å². The lowest BCUT2D eigenvalue weighted by atomic mass is 9.81. The average molecular weight is 569 g/mol. The quantitative estimate of drug-likeness (QED) is 0.273. The molecule has 0 bridgehead atoms. The molecule has 14 heteroatoms. The second-order valence-corrected chi connectivity index (χ2v) is 10.7. The summed E-state index contributed by atoms with van der Waals surface area (Å²) in [6, 6.07) is 6.07. The zero-order valence-electron chi connectivity index (χ0n) is 19.4. The molecular formula is C21H26BrN6O6P. The summed E-state index contributed by atoms with van der Waals surface area (Å²) >= 11 is 3.36. The molecule has 0 amide bonds. The lowest BCUT2D eigenvalue weighted by molar-refractivity contribution is -0.142. The number of ether oxygens (including phenoxy) is 2. The van der Waals surface area contributed by atoms with Crippen molar-refractivity contribution in [3.05, 3.63) is 35.1 Å². The molecule has 0 spiro atoms. The molecule has 188 valence electrons. The Morgan fingerprint density at radius 1 is 1.34 bits per heavy atom. The number of imidazole rings is 1. The van der Waals surface area contributed by atoms with Crippen LogP contribution in [0, 0.1) is 5.92 Å². The number of halogens is 1. The molecule has 2 heterocycles. The Kier molecular flexibility index (Phi) is 7.60. The van der Waals surface area contributed by atoms with Crippen LogP contribution in [0.2, 0.25) is 0 Å². The van der Waals surface area contributed by atoms with Gasteiger partial charge in [0.25, 0.3) is 0 Å². The van der Waals surface area contributed by atoms with E-state index in [4.69, 9.17) is 24.3 Å². The number of rotatable bonds is 10. The number of anilines is 1. The summed E-state index contributed by atoms with van der Waals surface area (Å²) in [4.78, 5) is 24.6. The summed E-state index contributed by atoms with van der Waals surface area (Å²) in [7, 11) is -1.14. The molecule has 1 unspecified atom stereocenters. The van der Waals surface area contributed by atoms with Crippen LogP contribution in [0.3, 0.4) is 0 Å². The Hall–Kier alpha value is -2.73. The first-order chi connectivity index (χ1) is 16.7. The van der Waals surface area contributed by atoms with Gasteiger partial charge in [-0.15, -0.1) is 0 Å². The minimum atomic E-state index is -3.90. The summed E-state index contributed by atoms with van der Waals surface area (Å²) < 4.78 is 37.6. The van der Waals surface area contributed by atoms with Crippen LogP contribution in [0.1, 0.15) is 25.8 Å². The number of aromatic nitrogens is 4. The van der Waals surface area contributed by atoms with Crippen molar-refractivity contribution in [3.8, 4) is 11.6 Å². The van der Waals surface area contributed by atoms with Gasteiger partial charge in [0.1, 0.15) is 11.8 Å². The molecule has 2 aromatic heterocycles. The number of hydrogen-bond donors (Lipinski definition) is 2. The van der Waals surface area contributed by atoms with E-state index in [1.165, 1.54) is 21.1 Å². The van der Waals surface area contributed by atoms with E-state index in [1.54, 1.807) is 24.5 Å². The van der Waals surface area contributed by atoms with Gasteiger partial charge >= 0.3 is 13.7 Å². The van der Waals surface area contributed by atoms with Crippen molar-refractivity contribution in [1.29, 1.82) is 0 Å². The number of esters is 1. The highest BCUT2D eigenvalue weighted by Gasteiger charge is 2.37. The predicted octanol–water partition coefficient (Wildman–Crippen LogP) is 3.49. The zero-order chi connectivity index (χ0) is 25.2. The summed E-state index contributed by atoms with van der Waals surface area (Å²) in [5.41, 5.74) is 6.93. The van der Waals surface area contributed by atoms with Crippen molar-refractivity contribution < 1.29 is 27.9 Å². The van der Waals surface area contributed by atoms with Crippen LogP contribution in [0.5, 0.6) is 11.6 Å². The summed E-state index contributed by atoms with van der Waals surface area (Å²) in [6.07, 6.45) is 3.16. The highest BCUT2D eigenvalue weighted by atomic mass is 79.9. The van der Waals surface area contributed by atoms with Crippen molar-refractivity contribution in [1.82, 2.24) is 24.6 Å². The molecule has 1 saturated carbocycles. The maximum Gasteiger partial charge on any atom is 0.459 e. The van der Waals surface area contributed by atoms with E-state index in [1.807, 2.05) is 10.6 Å². The molecule has 1 fully saturated rings. The van der Waals surface area contributed by atoms with Gasteiger partial charge in [-0.25, -0.2) is 9.55 Å². The number of benzene rings is 1. The summed E-state index contributed by atoms with van der Waals surface area (Å²) in [5.74, 6) is 0.274. The van der Waals surface area contributed by atoms with E-state index in [9.17, 15) is 9.36 Å². The molecule has 1 aliphatic rings. The van der Waals surface area contributed by atoms with Crippen LogP contribution in [0.4, 0.5) is 5.95 Å². The van der Waals surface area contributed by atoms with Gasteiger partial charge in [-0.05, 0) is 43.9 Å². The standard InChI is InChI=1S/C21H26BrN6O6P/c1-12(20(29)32-3)27-35(30,34-16-6-4-5-14(22)9-16)33-10-13-7-15(8-13)28-11-24-17-18(28)25-21(23)26-19(17)31-2/h4-6,9,11-13,15H,7-8,10H2,1-3H3,(H,27,30)(H2,23,25,26)/t12-,13?,15?,35?/m0/s1. The van der Waals surface area contributed by atoms with Gasteiger partial charge in [0.2, 0.25) is 11.8 Å². The monoisotopic (exact) mass is 568 g/mol. The normalized spacial score (nSPS) is 20.0. The van der Waals surface area contributed by atoms with Gasteiger partial charge in [0.15, 0.2) is 11.2 Å². The SMILES string of the molecule is COC(=O)[C@H](C)NP(=O)(OCC1CC(n2cnc3c(OC)nc(N)nc32)C1)Oc1cccc(Br)c1. The highest BCUT2D eigenvalue weighted by Crippen LogP contribution is 2.48. The smallest absolute Gasteiger partial charge is 0.459 e. The van der Waals surface area contributed by atoms with Gasteiger partial charge in [-0.1, -0.05) is 22.0 Å². The van der Waals surface area contributed by atoms with Gasteiger partial charge in [0.05, 0.1) is 27.2 Å². The molecule has 4 rings (SSSR count). The molecule has 12 nitrogen and oxygen atoms in total. The third kappa shape index (κ3) is 5.75.